The lowest BCUT2D eigenvalue weighted by molar-refractivity contribution is -0.146. The minimum Gasteiger partial charge on any atom is -0.481 e. The number of rotatable bonds is 4. The topological polar surface area (TPSA) is 104 Å². The minimum absolute atomic E-state index is 0.131. The summed E-state index contributed by atoms with van der Waals surface area (Å²) >= 11 is 0. The summed E-state index contributed by atoms with van der Waals surface area (Å²) < 4.78 is 25.3. The Morgan fingerprint density at radius 1 is 1.33 bits per heavy atom. The summed E-state index contributed by atoms with van der Waals surface area (Å²) in [7, 11) is -3.53. The average Bonchev–Trinajstić information content (AvgIpc) is 2.33. The van der Waals surface area contributed by atoms with E-state index in [2.05, 4.69) is 4.72 Å². The van der Waals surface area contributed by atoms with Crippen LogP contribution in [0.5, 0.6) is 0 Å². The summed E-state index contributed by atoms with van der Waals surface area (Å²) in [4.78, 5) is 25.1. The van der Waals surface area contributed by atoms with Crippen LogP contribution in [0.15, 0.2) is 0 Å². The molecule has 21 heavy (non-hydrogen) atoms. The van der Waals surface area contributed by atoms with Gasteiger partial charge in [0.25, 0.3) is 0 Å². The molecule has 1 aliphatic heterocycles. The first-order chi connectivity index (χ1) is 9.42. The number of aliphatic carboxylic acids is 1. The van der Waals surface area contributed by atoms with Gasteiger partial charge in [0.2, 0.25) is 15.9 Å². The van der Waals surface area contributed by atoms with Crippen LogP contribution >= 0.6 is 0 Å². The minimum atomic E-state index is -3.53. The standard InChI is InChI=1S/C13H24N2O5S/c1-13(2,3)10(14-21(4,19)20)11(16)15-7-5-6-9(8-15)12(17)18/h9-10,14H,5-8H2,1-4H3,(H,17,18). The number of carboxylic acid groups (broad SMARTS) is 1. The molecule has 2 unspecified atom stereocenters. The van der Waals surface area contributed by atoms with Crippen LogP contribution in [-0.4, -0.2) is 55.7 Å². The number of amides is 1. The highest BCUT2D eigenvalue weighted by Crippen LogP contribution is 2.24. The molecule has 1 aliphatic rings. The average molecular weight is 320 g/mol. The van der Waals surface area contributed by atoms with Crippen molar-refractivity contribution < 1.29 is 23.1 Å². The van der Waals surface area contributed by atoms with Crippen LogP contribution in [-0.2, 0) is 19.6 Å². The number of carbonyl (C=O) groups is 2. The predicted octanol–water partition coefficient (Wildman–Crippen LogP) is 0.274. The molecule has 0 aliphatic carbocycles. The molecule has 7 nitrogen and oxygen atoms in total. The zero-order valence-corrected chi connectivity index (χ0v) is 13.7. The Morgan fingerprint density at radius 3 is 2.33 bits per heavy atom. The molecular formula is C13H24N2O5S. The Hall–Kier alpha value is -1.15. The molecule has 0 aromatic rings. The number of carboxylic acids is 1. The van der Waals surface area contributed by atoms with Crippen LogP contribution < -0.4 is 4.72 Å². The Kier molecular flexibility index (Phi) is 5.38. The molecule has 2 N–H and O–H groups in total. The van der Waals surface area contributed by atoms with Gasteiger partial charge in [-0.2, -0.15) is 0 Å². The zero-order chi connectivity index (χ0) is 16.4. The van der Waals surface area contributed by atoms with E-state index in [1.54, 1.807) is 20.8 Å². The number of carbonyl (C=O) groups excluding carboxylic acids is 1. The van der Waals surface area contributed by atoms with Gasteiger partial charge in [0.1, 0.15) is 6.04 Å². The molecule has 0 spiro atoms. The van der Waals surface area contributed by atoms with Crippen LogP contribution in [0.4, 0.5) is 0 Å². The van der Waals surface area contributed by atoms with Crippen molar-refractivity contribution in [1.29, 1.82) is 0 Å². The van der Waals surface area contributed by atoms with Gasteiger partial charge in [-0.1, -0.05) is 20.8 Å². The maximum Gasteiger partial charge on any atom is 0.308 e. The van der Waals surface area contributed by atoms with Crippen molar-refractivity contribution in [1.82, 2.24) is 9.62 Å². The Balaban J connectivity index is 2.92. The van der Waals surface area contributed by atoms with E-state index < -0.39 is 33.4 Å². The molecular weight excluding hydrogens is 296 g/mol. The van der Waals surface area contributed by atoms with E-state index in [9.17, 15) is 18.0 Å². The SMILES string of the molecule is CC(C)(C)C(NS(C)(=O)=O)C(=O)N1CCCC(C(=O)O)C1. The first-order valence-electron chi connectivity index (χ1n) is 6.90. The van der Waals surface area contributed by atoms with Crippen LogP contribution in [0, 0.1) is 11.3 Å². The Bertz CT molecular complexity index is 509. The van der Waals surface area contributed by atoms with Crippen LogP contribution in [0.3, 0.4) is 0 Å². The number of nitrogens with zero attached hydrogens (tertiary/aromatic N) is 1. The highest BCUT2D eigenvalue weighted by molar-refractivity contribution is 7.88. The van der Waals surface area contributed by atoms with Gasteiger partial charge in [-0.25, -0.2) is 13.1 Å². The molecule has 1 fully saturated rings. The van der Waals surface area contributed by atoms with Crippen molar-refractivity contribution in [3.05, 3.63) is 0 Å². The van der Waals surface area contributed by atoms with E-state index in [0.29, 0.717) is 19.4 Å². The molecule has 0 bridgehead atoms. The molecule has 0 radical (unpaired) electrons. The van der Waals surface area contributed by atoms with Crippen LogP contribution in [0.1, 0.15) is 33.6 Å². The van der Waals surface area contributed by atoms with Gasteiger partial charge in [0, 0.05) is 13.1 Å². The molecule has 1 heterocycles. The fourth-order valence-electron chi connectivity index (χ4n) is 2.37. The number of likely N-dealkylation sites (tertiary alicyclic amines) is 1. The monoisotopic (exact) mass is 320 g/mol. The third-order valence-corrected chi connectivity index (χ3v) is 4.19. The van der Waals surface area contributed by atoms with Gasteiger partial charge in [-0.15, -0.1) is 0 Å². The molecule has 0 saturated carbocycles. The van der Waals surface area contributed by atoms with E-state index in [1.165, 1.54) is 4.90 Å². The van der Waals surface area contributed by atoms with Gasteiger partial charge in [-0.05, 0) is 18.3 Å². The lowest BCUT2D eigenvalue weighted by Crippen LogP contribution is -2.56. The summed E-state index contributed by atoms with van der Waals surface area (Å²) in [5.41, 5.74) is -0.601. The highest BCUT2D eigenvalue weighted by Gasteiger charge is 2.38. The summed E-state index contributed by atoms with van der Waals surface area (Å²) in [6, 6.07) is -0.903. The molecule has 0 aromatic carbocycles. The normalized spacial score (nSPS) is 21.9. The molecule has 1 saturated heterocycles. The first-order valence-corrected chi connectivity index (χ1v) is 8.80. The maximum absolute atomic E-state index is 12.6. The van der Waals surface area contributed by atoms with Crippen LogP contribution in [0.2, 0.25) is 0 Å². The number of sulfonamides is 1. The molecule has 0 aromatic heterocycles. The van der Waals surface area contributed by atoms with Crippen molar-refractivity contribution in [3.8, 4) is 0 Å². The summed E-state index contributed by atoms with van der Waals surface area (Å²) in [6.07, 6.45) is 2.16. The number of nitrogens with one attached hydrogen (secondary N) is 1. The number of hydrogen-bond acceptors (Lipinski definition) is 4. The summed E-state index contributed by atoms with van der Waals surface area (Å²) in [5.74, 6) is -1.86. The molecule has 1 rings (SSSR count). The second-order valence-electron chi connectivity index (χ2n) is 6.65. The third-order valence-electron chi connectivity index (χ3n) is 3.53. The van der Waals surface area contributed by atoms with E-state index in [0.717, 1.165) is 6.26 Å². The van der Waals surface area contributed by atoms with Gasteiger partial charge in [0.15, 0.2) is 0 Å². The lowest BCUT2D eigenvalue weighted by atomic mass is 9.85. The van der Waals surface area contributed by atoms with E-state index in [4.69, 9.17) is 5.11 Å². The predicted molar refractivity (Wildman–Crippen MR) is 78.2 cm³/mol. The number of piperidine rings is 1. The van der Waals surface area contributed by atoms with Gasteiger partial charge >= 0.3 is 5.97 Å². The van der Waals surface area contributed by atoms with Crippen molar-refractivity contribution in [2.75, 3.05) is 19.3 Å². The van der Waals surface area contributed by atoms with Crippen molar-refractivity contribution in [3.63, 3.8) is 0 Å². The van der Waals surface area contributed by atoms with Gasteiger partial charge in [0.05, 0.1) is 12.2 Å². The van der Waals surface area contributed by atoms with Crippen molar-refractivity contribution in [2.24, 2.45) is 11.3 Å². The highest BCUT2D eigenvalue weighted by atomic mass is 32.2. The molecule has 122 valence electrons. The Labute approximate surface area is 125 Å². The zero-order valence-electron chi connectivity index (χ0n) is 12.9. The number of hydrogen-bond donors (Lipinski definition) is 2. The smallest absolute Gasteiger partial charge is 0.308 e. The van der Waals surface area contributed by atoms with E-state index in [1.807, 2.05) is 0 Å². The summed E-state index contributed by atoms with van der Waals surface area (Å²) in [6.45, 7) is 5.90. The fraction of sp³-hybridized carbons (Fsp3) is 0.846. The Morgan fingerprint density at radius 2 is 1.90 bits per heavy atom. The third kappa shape index (κ3) is 5.28. The first kappa shape index (κ1) is 17.9. The van der Waals surface area contributed by atoms with E-state index in [-0.39, 0.29) is 12.5 Å². The second kappa shape index (κ2) is 6.31. The van der Waals surface area contributed by atoms with Crippen molar-refractivity contribution >= 4 is 21.9 Å². The molecule has 8 heteroatoms. The largest absolute Gasteiger partial charge is 0.481 e. The molecule has 1 amide bonds. The van der Waals surface area contributed by atoms with Gasteiger partial charge < -0.3 is 10.0 Å². The van der Waals surface area contributed by atoms with Gasteiger partial charge in [-0.3, -0.25) is 9.59 Å². The lowest BCUT2D eigenvalue weighted by Gasteiger charge is -2.37. The quantitative estimate of drug-likeness (QED) is 0.774. The maximum atomic E-state index is 12.6. The molecule has 2 atom stereocenters. The second-order valence-corrected chi connectivity index (χ2v) is 8.43. The van der Waals surface area contributed by atoms with Crippen molar-refractivity contribution in [2.45, 2.75) is 39.7 Å². The summed E-state index contributed by atoms with van der Waals surface area (Å²) in [5, 5.41) is 9.07. The fourth-order valence-corrected chi connectivity index (χ4v) is 3.26. The van der Waals surface area contributed by atoms with E-state index >= 15 is 0 Å². The van der Waals surface area contributed by atoms with Crippen LogP contribution in [0.25, 0.3) is 0 Å².